The fourth-order valence-electron chi connectivity index (χ4n) is 5.93. The van der Waals surface area contributed by atoms with Gasteiger partial charge in [-0.05, 0) is 42.7 Å². The Labute approximate surface area is 212 Å². The number of amides is 2. The Morgan fingerprint density at radius 3 is 2.36 bits per heavy atom. The third-order valence-electron chi connectivity index (χ3n) is 7.76. The Kier molecular flexibility index (Phi) is 6.95. The van der Waals surface area contributed by atoms with Crippen molar-refractivity contribution in [3.05, 3.63) is 77.0 Å². The van der Waals surface area contributed by atoms with Crippen molar-refractivity contribution >= 4 is 11.8 Å². The Bertz CT molecular complexity index is 1180. The molecule has 0 bridgehead atoms. The van der Waals surface area contributed by atoms with Gasteiger partial charge in [-0.2, -0.15) is 5.26 Å². The zero-order valence-electron chi connectivity index (χ0n) is 20.7. The Morgan fingerprint density at radius 2 is 1.69 bits per heavy atom. The summed E-state index contributed by atoms with van der Waals surface area (Å²) in [4.78, 5) is 32.7. The molecule has 186 valence electrons. The number of piperazine rings is 1. The lowest BCUT2D eigenvalue weighted by atomic mass is 9.76. The molecule has 2 aromatic rings. The van der Waals surface area contributed by atoms with E-state index in [9.17, 15) is 14.9 Å². The van der Waals surface area contributed by atoms with Crippen LogP contribution in [0.2, 0.25) is 0 Å². The van der Waals surface area contributed by atoms with E-state index in [-0.39, 0.29) is 29.3 Å². The van der Waals surface area contributed by atoms with Gasteiger partial charge in [0.15, 0.2) is 0 Å². The number of nitrogens with zero attached hydrogens (tertiary/aromatic N) is 4. The van der Waals surface area contributed by atoms with Gasteiger partial charge in [0.2, 0.25) is 0 Å². The highest BCUT2D eigenvalue weighted by atomic mass is 16.5. The van der Waals surface area contributed by atoms with Crippen molar-refractivity contribution in [1.29, 1.82) is 5.26 Å². The lowest BCUT2D eigenvalue weighted by Gasteiger charge is -2.49. The summed E-state index contributed by atoms with van der Waals surface area (Å²) in [6, 6.07) is 19.6. The molecule has 2 aromatic carbocycles. The third kappa shape index (κ3) is 4.56. The minimum absolute atomic E-state index is 0.00362. The molecule has 1 aliphatic carbocycles. The minimum Gasteiger partial charge on any atom is -0.497 e. The van der Waals surface area contributed by atoms with Gasteiger partial charge in [-0.15, -0.1) is 0 Å². The summed E-state index contributed by atoms with van der Waals surface area (Å²) in [6.45, 7) is 2.90. The van der Waals surface area contributed by atoms with E-state index in [0.29, 0.717) is 38.3 Å². The zero-order chi connectivity index (χ0) is 25.1. The number of hydrogen-bond acceptors (Lipinski definition) is 5. The monoisotopic (exact) mass is 484 g/mol. The number of benzene rings is 2. The van der Waals surface area contributed by atoms with Gasteiger partial charge in [0.05, 0.1) is 7.11 Å². The van der Waals surface area contributed by atoms with Crippen LogP contribution in [0.25, 0.3) is 0 Å². The first-order chi connectivity index (χ1) is 17.6. The van der Waals surface area contributed by atoms with Crippen LogP contribution in [0.3, 0.4) is 0 Å². The van der Waals surface area contributed by atoms with Crippen LogP contribution in [0.5, 0.6) is 5.75 Å². The van der Waals surface area contributed by atoms with Crippen LogP contribution >= 0.6 is 0 Å². The Hall–Kier alpha value is -3.79. The zero-order valence-corrected chi connectivity index (χ0v) is 20.7. The fraction of sp³-hybridized carbons (Fsp3) is 0.414. The predicted octanol–water partition coefficient (Wildman–Crippen LogP) is 3.83. The van der Waals surface area contributed by atoms with Crippen molar-refractivity contribution < 1.29 is 14.3 Å². The summed E-state index contributed by atoms with van der Waals surface area (Å²) in [5, 5.41) is 10.1. The van der Waals surface area contributed by atoms with Gasteiger partial charge < -0.3 is 19.4 Å². The first-order valence-corrected chi connectivity index (χ1v) is 12.8. The van der Waals surface area contributed by atoms with Crippen molar-refractivity contribution in [2.45, 2.75) is 38.3 Å². The van der Waals surface area contributed by atoms with Gasteiger partial charge >= 0.3 is 0 Å². The van der Waals surface area contributed by atoms with Crippen LogP contribution in [0.4, 0.5) is 0 Å². The summed E-state index contributed by atoms with van der Waals surface area (Å²) < 4.78 is 5.20. The standard InChI is InChI=1S/C29H32N4O3/c1-36-23-13-11-22(12-14-23)28(34)32-17-15-31(16-18-32)27-24-9-5-6-10-26(24)33(29(35)25(27)19-30)20-21-7-3-2-4-8-21/h2-4,7-8,11-14,24,26H,5-6,9-10,15-18,20H2,1H3. The third-order valence-corrected chi connectivity index (χ3v) is 7.76. The van der Waals surface area contributed by atoms with Crippen molar-refractivity contribution in [3.63, 3.8) is 0 Å². The quantitative estimate of drug-likeness (QED) is 0.645. The smallest absolute Gasteiger partial charge is 0.266 e. The maximum absolute atomic E-state index is 13.6. The Morgan fingerprint density at radius 1 is 1.00 bits per heavy atom. The van der Waals surface area contributed by atoms with E-state index in [4.69, 9.17) is 4.74 Å². The number of methoxy groups -OCH3 is 1. The first-order valence-electron chi connectivity index (χ1n) is 12.8. The molecule has 7 heteroatoms. The average Bonchev–Trinajstić information content (AvgIpc) is 2.94. The normalized spacial score (nSPS) is 22.2. The SMILES string of the molecule is COc1ccc(C(=O)N2CCN(C3=C(C#N)C(=O)N(Cc4ccccc4)C4CCCCC34)CC2)cc1. The van der Waals surface area contributed by atoms with Gasteiger partial charge in [0, 0.05) is 55.9 Å². The number of ether oxygens (including phenoxy) is 1. The predicted molar refractivity (Wildman–Crippen MR) is 136 cm³/mol. The van der Waals surface area contributed by atoms with Crippen molar-refractivity contribution in [2.24, 2.45) is 5.92 Å². The fourth-order valence-corrected chi connectivity index (χ4v) is 5.93. The van der Waals surface area contributed by atoms with Gasteiger partial charge in [-0.1, -0.05) is 43.2 Å². The number of carbonyl (C=O) groups is 2. The van der Waals surface area contributed by atoms with E-state index in [2.05, 4.69) is 11.0 Å². The van der Waals surface area contributed by atoms with E-state index in [1.54, 1.807) is 31.4 Å². The summed E-state index contributed by atoms with van der Waals surface area (Å²) in [6.07, 6.45) is 4.14. The number of rotatable bonds is 5. The number of carbonyl (C=O) groups excluding carboxylic acids is 2. The maximum atomic E-state index is 13.6. The average molecular weight is 485 g/mol. The van der Waals surface area contributed by atoms with Crippen LogP contribution in [0.15, 0.2) is 65.9 Å². The Balaban J connectivity index is 1.35. The molecule has 2 amide bonds. The van der Waals surface area contributed by atoms with E-state index in [0.717, 1.165) is 42.7 Å². The molecule has 2 atom stereocenters. The van der Waals surface area contributed by atoms with Crippen LogP contribution in [0, 0.1) is 17.2 Å². The second kappa shape index (κ2) is 10.4. The molecule has 2 heterocycles. The van der Waals surface area contributed by atoms with Crippen molar-refractivity contribution in [2.75, 3.05) is 33.3 Å². The molecule has 1 saturated carbocycles. The van der Waals surface area contributed by atoms with Gasteiger partial charge in [-0.3, -0.25) is 9.59 Å². The first kappa shape index (κ1) is 23.9. The molecule has 7 nitrogen and oxygen atoms in total. The highest BCUT2D eigenvalue weighted by molar-refractivity contribution is 5.99. The van der Waals surface area contributed by atoms with E-state index < -0.39 is 0 Å². The van der Waals surface area contributed by atoms with Crippen molar-refractivity contribution in [1.82, 2.24) is 14.7 Å². The lowest BCUT2D eigenvalue weighted by molar-refractivity contribution is -0.133. The summed E-state index contributed by atoms with van der Waals surface area (Å²) in [5.74, 6) is 0.726. The molecule has 3 aliphatic rings. The molecular formula is C29H32N4O3. The van der Waals surface area contributed by atoms with E-state index in [1.165, 1.54) is 0 Å². The second-order valence-corrected chi connectivity index (χ2v) is 9.76. The molecule has 5 rings (SSSR count). The number of nitriles is 1. The molecule has 0 aromatic heterocycles. The molecule has 1 saturated heterocycles. The van der Waals surface area contributed by atoms with Crippen LogP contribution < -0.4 is 4.74 Å². The van der Waals surface area contributed by atoms with Crippen molar-refractivity contribution in [3.8, 4) is 11.8 Å². The number of fused-ring (bicyclic) bond motifs is 1. The summed E-state index contributed by atoms with van der Waals surface area (Å²) >= 11 is 0. The number of hydrogen-bond donors (Lipinski definition) is 0. The maximum Gasteiger partial charge on any atom is 0.266 e. The molecule has 0 radical (unpaired) electrons. The minimum atomic E-state index is -0.156. The van der Waals surface area contributed by atoms with Crippen LogP contribution in [-0.2, 0) is 11.3 Å². The van der Waals surface area contributed by atoms with E-state index >= 15 is 0 Å². The second-order valence-electron chi connectivity index (χ2n) is 9.76. The molecule has 2 unspecified atom stereocenters. The van der Waals surface area contributed by atoms with Crippen LogP contribution in [-0.4, -0.2) is 65.8 Å². The lowest BCUT2D eigenvalue weighted by Crippen LogP contribution is -2.56. The van der Waals surface area contributed by atoms with Crippen LogP contribution in [0.1, 0.15) is 41.6 Å². The molecule has 2 aliphatic heterocycles. The summed E-state index contributed by atoms with van der Waals surface area (Å²) in [5.41, 5.74) is 2.91. The molecule has 0 N–H and O–H groups in total. The molecule has 2 fully saturated rings. The van der Waals surface area contributed by atoms with Gasteiger partial charge in [-0.25, -0.2) is 0 Å². The van der Waals surface area contributed by atoms with Gasteiger partial charge in [0.1, 0.15) is 17.4 Å². The topological polar surface area (TPSA) is 76.9 Å². The molecular weight excluding hydrogens is 452 g/mol. The molecule has 0 spiro atoms. The highest BCUT2D eigenvalue weighted by Crippen LogP contribution is 2.41. The largest absolute Gasteiger partial charge is 0.497 e. The highest BCUT2D eigenvalue weighted by Gasteiger charge is 2.45. The summed E-state index contributed by atoms with van der Waals surface area (Å²) in [7, 11) is 1.61. The van der Waals surface area contributed by atoms with Gasteiger partial charge in [0.25, 0.3) is 11.8 Å². The van der Waals surface area contributed by atoms with E-state index in [1.807, 2.05) is 40.1 Å². The molecule has 36 heavy (non-hydrogen) atoms.